The Hall–Kier alpha value is -2.94. The molecule has 224 valence electrons. The molecule has 2 fully saturated rings. The predicted octanol–water partition coefficient (Wildman–Crippen LogP) is 1.44. The standard InChI is InChI=1S/C26H43N7O6S/c1-16-20(34)9-8-18(37-3)7-6-10-30-17(2)23-21(15-38-24(16)35)39-26(36)33(23)12-5-4-11-32(29)14-19(27)22-13-31-25(28)40-22/h13-14,16-18,21,23,30H,4-12,15,27,29H2,1-3H3,(H2,28,31)/b19-14-/t16?,17-,18?,21?,23?/m0/s1. The van der Waals surface area contributed by atoms with E-state index in [1.165, 1.54) is 16.3 Å². The molecule has 0 aromatic carbocycles. The quantitative estimate of drug-likeness (QED) is 0.114. The third-order valence-corrected chi connectivity index (χ3v) is 8.24. The molecule has 13 nitrogen and oxygen atoms in total. The molecule has 2 saturated heterocycles. The van der Waals surface area contributed by atoms with Crippen molar-refractivity contribution in [3.05, 3.63) is 17.3 Å². The first kappa shape index (κ1) is 31.6. The summed E-state index contributed by atoms with van der Waals surface area (Å²) in [7, 11) is 1.63. The zero-order valence-corrected chi connectivity index (χ0v) is 24.4. The number of fused-ring (bicyclic) bond motifs is 1. The first-order valence-corrected chi connectivity index (χ1v) is 14.6. The van der Waals surface area contributed by atoms with Gasteiger partial charge >= 0.3 is 12.1 Å². The second-order valence-corrected chi connectivity index (χ2v) is 11.4. The van der Waals surface area contributed by atoms with E-state index in [-0.39, 0.29) is 37.0 Å². The Labute approximate surface area is 239 Å². The molecule has 40 heavy (non-hydrogen) atoms. The maximum absolute atomic E-state index is 12.9. The summed E-state index contributed by atoms with van der Waals surface area (Å²) in [4.78, 5) is 44.4. The fourth-order valence-electron chi connectivity index (χ4n) is 4.96. The van der Waals surface area contributed by atoms with Crippen molar-refractivity contribution in [3.8, 4) is 0 Å². The Morgan fingerprint density at radius 1 is 1.30 bits per heavy atom. The van der Waals surface area contributed by atoms with Crippen LogP contribution >= 0.6 is 11.3 Å². The van der Waals surface area contributed by atoms with E-state index in [9.17, 15) is 14.4 Å². The number of hydrazine groups is 1. The van der Waals surface area contributed by atoms with Gasteiger partial charge in [0.2, 0.25) is 0 Å². The van der Waals surface area contributed by atoms with Gasteiger partial charge in [0.05, 0.1) is 22.7 Å². The van der Waals surface area contributed by atoms with Crippen LogP contribution in [-0.2, 0) is 23.8 Å². The number of carbonyl (C=O) groups excluding carboxylic acids is 3. The number of nitrogens with one attached hydrogen (secondary N) is 1. The number of carbonyl (C=O) groups is 3. The van der Waals surface area contributed by atoms with Crippen molar-refractivity contribution in [1.82, 2.24) is 20.2 Å². The highest BCUT2D eigenvalue weighted by atomic mass is 32.1. The van der Waals surface area contributed by atoms with Crippen LogP contribution in [0.5, 0.6) is 0 Å². The summed E-state index contributed by atoms with van der Waals surface area (Å²) in [6.07, 6.45) is 5.84. The van der Waals surface area contributed by atoms with E-state index in [1.807, 2.05) is 6.92 Å². The lowest BCUT2D eigenvalue weighted by atomic mass is 9.99. The Kier molecular flexibility index (Phi) is 12.0. The van der Waals surface area contributed by atoms with Gasteiger partial charge in [-0.3, -0.25) is 14.5 Å². The minimum atomic E-state index is -0.888. The van der Waals surface area contributed by atoms with Crippen molar-refractivity contribution in [2.45, 2.75) is 76.7 Å². The molecule has 1 aromatic heterocycles. The molecule has 5 atom stereocenters. The molecule has 4 unspecified atom stereocenters. The van der Waals surface area contributed by atoms with Crippen LogP contribution in [-0.4, -0.2) is 90.4 Å². The number of methoxy groups -OCH3 is 1. The number of unbranched alkanes of at least 4 members (excludes halogenated alkanes) is 1. The van der Waals surface area contributed by atoms with Gasteiger partial charge in [-0.25, -0.2) is 15.6 Å². The summed E-state index contributed by atoms with van der Waals surface area (Å²) >= 11 is 1.28. The lowest BCUT2D eigenvalue weighted by molar-refractivity contribution is -0.154. The van der Waals surface area contributed by atoms with Crippen LogP contribution in [0, 0.1) is 5.92 Å². The summed E-state index contributed by atoms with van der Waals surface area (Å²) in [5.41, 5.74) is 12.2. The van der Waals surface area contributed by atoms with Crippen molar-refractivity contribution in [3.63, 3.8) is 0 Å². The monoisotopic (exact) mass is 581 g/mol. The molecule has 14 heteroatoms. The topological polar surface area (TPSA) is 188 Å². The van der Waals surface area contributed by atoms with Gasteiger partial charge in [0.1, 0.15) is 18.3 Å². The number of hydrogen-bond acceptors (Lipinski definition) is 13. The Morgan fingerprint density at radius 3 is 2.77 bits per heavy atom. The normalized spacial score (nSPS) is 27.4. The van der Waals surface area contributed by atoms with Gasteiger partial charge in [0, 0.05) is 45.1 Å². The average molecular weight is 582 g/mol. The fraction of sp³-hybridized carbons (Fsp3) is 0.692. The molecule has 3 heterocycles. The van der Waals surface area contributed by atoms with Gasteiger partial charge in [-0.15, -0.1) is 0 Å². The summed E-state index contributed by atoms with van der Waals surface area (Å²) in [6.45, 7) is 5.10. The number of ether oxygens (including phenoxy) is 3. The Balaban J connectivity index is 1.60. The van der Waals surface area contributed by atoms with Gasteiger partial charge < -0.3 is 36.0 Å². The van der Waals surface area contributed by atoms with Crippen LogP contribution in [0.2, 0.25) is 0 Å². The van der Waals surface area contributed by atoms with Gasteiger partial charge in [-0.05, 0) is 52.5 Å². The minimum Gasteiger partial charge on any atom is -0.461 e. The van der Waals surface area contributed by atoms with E-state index in [2.05, 4.69) is 10.3 Å². The maximum Gasteiger partial charge on any atom is 0.410 e. The fourth-order valence-corrected chi connectivity index (χ4v) is 5.57. The molecule has 1 aromatic rings. The number of cyclic esters (lactones) is 1. The molecule has 1 amide bonds. The molecule has 0 bridgehead atoms. The number of hydrogen-bond donors (Lipinski definition) is 4. The summed E-state index contributed by atoms with van der Waals surface area (Å²) in [5, 5.41) is 5.43. The zero-order valence-electron chi connectivity index (χ0n) is 23.5. The van der Waals surface area contributed by atoms with E-state index in [0.717, 1.165) is 17.7 Å². The molecule has 0 radical (unpaired) electrons. The number of nitrogens with two attached hydrogens (primary N) is 3. The van der Waals surface area contributed by atoms with Crippen LogP contribution in [0.3, 0.4) is 0 Å². The van der Waals surface area contributed by atoms with Crippen molar-refractivity contribution < 1.29 is 28.6 Å². The predicted molar refractivity (Wildman–Crippen MR) is 151 cm³/mol. The first-order valence-electron chi connectivity index (χ1n) is 13.7. The number of amides is 1. The van der Waals surface area contributed by atoms with Crippen molar-refractivity contribution in [2.75, 3.05) is 39.1 Å². The number of nitrogens with zero attached hydrogens (tertiary/aromatic N) is 3. The van der Waals surface area contributed by atoms with E-state index in [4.69, 9.17) is 31.5 Å². The van der Waals surface area contributed by atoms with Gasteiger partial charge in [0.15, 0.2) is 11.2 Å². The lowest BCUT2D eigenvalue weighted by Gasteiger charge is -2.30. The number of esters is 1. The second-order valence-electron chi connectivity index (χ2n) is 10.3. The summed E-state index contributed by atoms with van der Waals surface area (Å²) in [5.74, 6) is 4.40. The summed E-state index contributed by atoms with van der Waals surface area (Å²) in [6, 6.07) is -0.475. The number of ketones is 1. The molecule has 2 aliphatic rings. The highest BCUT2D eigenvalue weighted by Gasteiger charge is 2.45. The zero-order chi connectivity index (χ0) is 29.2. The largest absolute Gasteiger partial charge is 0.461 e. The molecule has 0 aliphatic carbocycles. The third kappa shape index (κ3) is 8.78. The first-order chi connectivity index (χ1) is 19.1. The molecular weight excluding hydrogens is 538 g/mol. The molecule has 7 N–H and O–H groups in total. The van der Waals surface area contributed by atoms with Crippen LogP contribution in [0.4, 0.5) is 9.93 Å². The average Bonchev–Trinajstić information content (AvgIpc) is 3.50. The molecular formula is C26H43N7O6S. The van der Waals surface area contributed by atoms with Gasteiger partial charge in [0.25, 0.3) is 0 Å². The van der Waals surface area contributed by atoms with Gasteiger partial charge in [-0.2, -0.15) is 0 Å². The smallest absolute Gasteiger partial charge is 0.410 e. The molecule has 3 rings (SSSR count). The number of aromatic nitrogens is 1. The third-order valence-electron chi connectivity index (χ3n) is 7.36. The summed E-state index contributed by atoms with van der Waals surface area (Å²) < 4.78 is 16.6. The number of nitrogen functional groups attached to an aromatic ring is 1. The SMILES string of the molecule is COC1CCCN[C@@H](C)C2C(COC(=O)C(C)C(=O)CC1)OC(=O)N2CCCCN(N)/C=C(\N)c1cnc(N)s1. The minimum absolute atomic E-state index is 0.0672. The van der Waals surface area contributed by atoms with Crippen molar-refractivity contribution >= 4 is 40.0 Å². The van der Waals surface area contributed by atoms with Crippen LogP contribution in [0.1, 0.15) is 57.2 Å². The van der Waals surface area contributed by atoms with Crippen molar-refractivity contribution in [2.24, 2.45) is 17.5 Å². The molecule has 0 spiro atoms. The number of rotatable bonds is 8. The van der Waals surface area contributed by atoms with Crippen LogP contribution < -0.4 is 22.6 Å². The lowest BCUT2D eigenvalue weighted by Crippen LogP contribution is -2.52. The Morgan fingerprint density at radius 2 is 2.08 bits per heavy atom. The van der Waals surface area contributed by atoms with E-state index < -0.39 is 24.1 Å². The highest BCUT2D eigenvalue weighted by molar-refractivity contribution is 7.16. The number of Topliss-reactive ketones (excluding diaryl/α,β-unsaturated/α-hetero) is 1. The van der Waals surface area contributed by atoms with Crippen LogP contribution in [0.25, 0.3) is 5.70 Å². The van der Waals surface area contributed by atoms with E-state index in [0.29, 0.717) is 49.7 Å². The number of anilines is 1. The maximum atomic E-state index is 12.9. The van der Waals surface area contributed by atoms with Crippen molar-refractivity contribution in [1.29, 1.82) is 0 Å². The van der Waals surface area contributed by atoms with E-state index in [1.54, 1.807) is 31.3 Å². The van der Waals surface area contributed by atoms with E-state index >= 15 is 0 Å². The van der Waals surface area contributed by atoms with Crippen LogP contribution in [0.15, 0.2) is 12.4 Å². The molecule has 2 aliphatic heterocycles. The number of thiazole rings is 1. The van der Waals surface area contributed by atoms with Gasteiger partial charge in [-0.1, -0.05) is 11.3 Å². The molecule has 0 saturated carbocycles. The second kappa shape index (κ2) is 15.2. The Bertz CT molecular complexity index is 1040. The highest BCUT2D eigenvalue weighted by Crippen LogP contribution is 2.25.